The number of ether oxygens (including phenoxy) is 1. The van der Waals surface area contributed by atoms with Gasteiger partial charge in [-0.1, -0.05) is 24.0 Å². The summed E-state index contributed by atoms with van der Waals surface area (Å²) in [5.41, 5.74) is 0. The van der Waals surface area contributed by atoms with Gasteiger partial charge in [-0.15, -0.1) is 0 Å². The molecule has 2 rings (SSSR count). The van der Waals surface area contributed by atoms with Crippen LogP contribution in [-0.4, -0.2) is 34.2 Å². The molecule has 1 aromatic heterocycles. The van der Waals surface area contributed by atoms with Gasteiger partial charge >= 0.3 is 5.97 Å². The standard InChI is InChI=1S/C12H11NO4S2/c1-7(11(15)16-2)13-10(14)9(19-12(13)18)6-8-4-3-5-17-8/h3-7H,1-2H3. The lowest BCUT2D eigenvalue weighted by atomic mass is 10.3. The van der Waals surface area contributed by atoms with E-state index in [-0.39, 0.29) is 5.91 Å². The third-order valence-corrected chi connectivity index (χ3v) is 3.90. The van der Waals surface area contributed by atoms with Crippen LogP contribution in [0.15, 0.2) is 27.7 Å². The maximum absolute atomic E-state index is 12.2. The number of carbonyl (C=O) groups excluding carboxylic acids is 2. The Labute approximate surface area is 119 Å². The molecule has 100 valence electrons. The minimum Gasteiger partial charge on any atom is -0.467 e. The van der Waals surface area contributed by atoms with Crippen LogP contribution < -0.4 is 0 Å². The van der Waals surface area contributed by atoms with Crippen LogP contribution in [0.25, 0.3) is 6.08 Å². The number of methoxy groups -OCH3 is 1. The van der Waals surface area contributed by atoms with Crippen LogP contribution in [0.2, 0.25) is 0 Å². The number of nitrogens with zero attached hydrogens (tertiary/aromatic N) is 1. The summed E-state index contributed by atoms with van der Waals surface area (Å²) in [5.74, 6) is -0.258. The number of esters is 1. The quantitative estimate of drug-likeness (QED) is 0.483. The average Bonchev–Trinajstić information content (AvgIpc) is 2.98. The fraction of sp³-hybridized carbons (Fsp3) is 0.250. The van der Waals surface area contributed by atoms with Gasteiger partial charge in [0.1, 0.15) is 16.1 Å². The molecular formula is C12H11NO4S2. The van der Waals surface area contributed by atoms with E-state index in [9.17, 15) is 9.59 Å². The first-order valence-corrected chi connectivity index (χ1v) is 6.65. The predicted octanol–water partition coefficient (Wildman–Crippen LogP) is 2.04. The first-order chi connectivity index (χ1) is 9.04. The van der Waals surface area contributed by atoms with Crippen molar-refractivity contribution in [2.24, 2.45) is 0 Å². The molecule has 1 unspecified atom stereocenters. The molecule has 1 fully saturated rings. The summed E-state index contributed by atoms with van der Waals surface area (Å²) >= 11 is 6.26. The van der Waals surface area contributed by atoms with Gasteiger partial charge in [0.2, 0.25) is 0 Å². The van der Waals surface area contributed by atoms with Crippen LogP contribution in [0.4, 0.5) is 0 Å². The molecule has 19 heavy (non-hydrogen) atoms. The molecule has 1 atom stereocenters. The molecule has 1 aliphatic rings. The number of hydrogen-bond acceptors (Lipinski definition) is 6. The molecule has 0 bridgehead atoms. The van der Waals surface area contributed by atoms with Crippen molar-refractivity contribution in [3.05, 3.63) is 29.1 Å². The fourth-order valence-corrected chi connectivity index (χ4v) is 2.99. The highest BCUT2D eigenvalue weighted by Gasteiger charge is 2.38. The van der Waals surface area contributed by atoms with E-state index < -0.39 is 12.0 Å². The largest absolute Gasteiger partial charge is 0.467 e. The van der Waals surface area contributed by atoms with Crippen molar-refractivity contribution in [2.75, 3.05) is 7.11 Å². The average molecular weight is 297 g/mol. The molecule has 0 radical (unpaired) electrons. The highest BCUT2D eigenvalue weighted by Crippen LogP contribution is 2.34. The van der Waals surface area contributed by atoms with Crippen LogP contribution in [0.1, 0.15) is 12.7 Å². The van der Waals surface area contributed by atoms with Gasteiger partial charge in [0.25, 0.3) is 5.91 Å². The van der Waals surface area contributed by atoms with E-state index in [4.69, 9.17) is 16.6 Å². The zero-order chi connectivity index (χ0) is 14.0. The number of thioether (sulfide) groups is 1. The topological polar surface area (TPSA) is 59.8 Å². The number of hydrogen-bond donors (Lipinski definition) is 0. The van der Waals surface area contributed by atoms with Crippen molar-refractivity contribution in [3.63, 3.8) is 0 Å². The van der Waals surface area contributed by atoms with Crippen LogP contribution in [-0.2, 0) is 14.3 Å². The van der Waals surface area contributed by atoms with Crippen molar-refractivity contribution < 1.29 is 18.7 Å². The van der Waals surface area contributed by atoms with Gasteiger partial charge in [-0.2, -0.15) is 0 Å². The maximum Gasteiger partial charge on any atom is 0.328 e. The van der Waals surface area contributed by atoms with Crippen LogP contribution in [0.3, 0.4) is 0 Å². The van der Waals surface area contributed by atoms with Crippen molar-refractivity contribution in [1.29, 1.82) is 0 Å². The van der Waals surface area contributed by atoms with Crippen molar-refractivity contribution in [3.8, 4) is 0 Å². The monoisotopic (exact) mass is 297 g/mol. The lowest BCUT2D eigenvalue weighted by Crippen LogP contribution is -2.42. The maximum atomic E-state index is 12.2. The van der Waals surface area contributed by atoms with Gasteiger partial charge < -0.3 is 9.15 Å². The Bertz CT molecular complexity index is 550. The summed E-state index contributed by atoms with van der Waals surface area (Å²) in [6.07, 6.45) is 3.12. The van der Waals surface area contributed by atoms with E-state index in [0.717, 1.165) is 11.8 Å². The number of thiocarbonyl (C=S) groups is 1. The summed E-state index contributed by atoms with van der Waals surface area (Å²) in [4.78, 5) is 25.4. The molecule has 1 aliphatic heterocycles. The molecular weight excluding hydrogens is 286 g/mol. The first kappa shape index (κ1) is 13.8. The molecule has 0 spiro atoms. The Morgan fingerprint density at radius 1 is 1.63 bits per heavy atom. The molecule has 0 aromatic carbocycles. The van der Waals surface area contributed by atoms with Gasteiger partial charge in [-0.05, 0) is 19.1 Å². The molecule has 5 nitrogen and oxygen atoms in total. The fourth-order valence-electron chi connectivity index (χ4n) is 1.59. The van der Waals surface area contributed by atoms with Gasteiger partial charge in [0, 0.05) is 6.08 Å². The van der Waals surface area contributed by atoms with E-state index in [1.54, 1.807) is 25.1 Å². The van der Waals surface area contributed by atoms with Gasteiger partial charge in [0.15, 0.2) is 0 Å². The van der Waals surface area contributed by atoms with Crippen LogP contribution in [0, 0.1) is 0 Å². The lowest BCUT2D eigenvalue weighted by Gasteiger charge is -2.20. The van der Waals surface area contributed by atoms with E-state index in [1.165, 1.54) is 18.3 Å². The highest BCUT2D eigenvalue weighted by atomic mass is 32.2. The summed E-state index contributed by atoms with van der Waals surface area (Å²) in [5, 5.41) is 0. The molecule has 0 saturated carbocycles. The summed E-state index contributed by atoms with van der Waals surface area (Å²) < 4.78 is 10.1. The third kappa shape index (κ3) is 2.71. The third-order valence-electron chi connectivity index (χ3n) is 2.57. The molecule has 0 N–H and O–H groups in total. The zero-order valence-electron chi connectivity index (χ0n) is 10.3. The molecule has 2 heterocycles. The Hall–Kier alpha value is -1.60. The molecule has 0 aliphatic carbocycles. The van der Waals surface area contributed by atoms with Gasteiger partial charge in [-0.3, -0.25) is 9.69 Å². The minimum absolute atomic E-state index is 0.315. The minimum atomic E-state index is -0.736. The lowest BCUT2D eigenvalue weighted by molar-refractivity contribution is -0.147. The molecule has 1 saturated heterocycles. The van der Waals surface area contributed by atoms with Crippen LogP contribution >= 0.6 is 24.0 Å². The smallest absolute Gasteiger partial charge is 0.328 e. The van der Waals surface area contributed by atoms with E-state index in [2.05, 4.69) is 4.74 Å². The Kier molecular flexibility index (Phi) is 4.06. The number of rotatable bonds is 3. The zero-order valence-corrected chi connectivity index (χ0v) is 11.9. The number of carbonyl (C=O) groups is 2. The van der Waals surface area contributed by atoms with Crippen LogP contribution in [0.5, 0.6) is 0 Å². The highest BCUT2D eigenvalue weighted by molar-refractivity contribution is 8.26. The first-order valence-electron chi connectivity index (χ1n) is 5.43. The second kappa shape index (κ2) is 5.58. The Morgan fingerprint density at radius 2 is 2.37 bits per heavy atom. The number of furan rings is 1. The van der Waals surface area contributed by atoms with Gasteiger partial charge in [-0.25, -0.2) is 4.79 Å². The van der Waals surface area contributed by atoms with E-state index in [0.29, 0.717) is 15.0 Å². The Balaban J connectivity index is 2.24. The number of amides is 1. The van der Waals surface area contributed by atoms with E-state index >= 15 is 0 Å². The second-order valence-electron chi connectivity index (χ2n) is 3.77. The normalized spacial score (nSPS) is 19.1. The predicted molar refractivity (Wildman–Crippen MR) is 75.2 cm³/mol. The molecule has 7 heteroatoms. The van der Waals surface area contributed by atoms with Gasteiger partial charge in [0.05, 0.1) is 18.3 Å². The SMILES string of the molecule is COC(=O)C(C)N1C(=O)C(=Cc2ccco2)SC1=S. The molecule has 1 amide bonds. The summed E-state index contributed by atoms with van der Waals surface area (Å²) in [6, 6.07) is 2.72. The van der Waals surface area contributed by atoms with E-state index in [1.807, 2.05) is 0 Å². The van der Waals surface area contributed by atoms with Crippen molar-refractivity contribution >= 4 is 46.3 Å². The Morgan fingerprint density at radius 3 is 2.95 bits per heavy atom. The summed E-state index contributed by atoms with van der Waals surface area (Å²) in [6.45, 7) is 1.58. The van der Waals surface area contributed by atoms with Crippen molar-refractivity contribution in [1.82, 2.24) is 4.90 Å². The van der Waals surface area contributed by atoms with Crippen molar-refractivity contribution in [2.45, 2.75) is 13.0 Å². The summed E-state index contributed by atoms with van der Waals surface area (Å²) in [7, 11) is 1.27. The second-order valence-corrected chi connectivity index (χ2v) is 5.44. The molecule has 1 aromatic rings.